The molecular formula is C20H25N3O5S. The summed E-state index contributed by atoms with van der Waals surface area (Å²) in [5, 5.41) is 14.5. The number of carbonyl (C=O) groups is 2. The van der Waals surface area contributed by atoms with E-state index in [1.54, 1.807) is 24.3 Å². The van der Waals surface area contributed by atoms with Crippen molar-refractivity contribution >= 4 is 33.3 Å². The summed E-state index contributed by atoms with van der Waals surface area (Å²) >= 11 is 0. The molecular weight excluding hydrogens is 394 g/mol. The maximum absolute atomic E-state index is 12.5. The number of aryl methyl sites for hydroxylation is 1. The smallest absolute Gasteiger partial charge is 0.321 e. The van der Waals surface area contributed by atoms with Gasteiger partial charge in [0, 0.05) is 11.4 Å². The number of carboxylic acid groups (broad SMARTS) is 1. The van der Waals surface area contributed by atoms with Crippen LogP contribution < -0.4 is 15.4 Å². The molecule has 0 aliphatic rings. The summed E-state index contributed by atoms with van der Waals surface area (Å²) in [6, 6.07) is 11.6. The predicted molar refractivity (Wildman–Crippen MR) is 111 cm³/mol. The van der Waals surface area contributed by atoms with Crippen molar-refractivity contribution in [2.75, 3.05) is 16.6 Å². The van der Waals surface area contributed by atoms with Crippen LogP contribution in [0.15, 0.2) is 53.4 Å². The molecule has 2 rings (SSSR count). The molecule has 0 spiro atoms. The van der Waals surface area contributed by atoms with Crippen LogP contribution in [0.1, 0.15) is 25.3 Å². The second-order valence-electron chi connectivity index (χ2n) is 6.59. The molecule has 156 valence electrons. The van der Waals surface area contributed by atoms with E-state index in [1.807, 2.05) is 13.8 Å². The van der Waals surface area contributed by atoms with E-state index in [4.69, 9.17) is 5.11 Å². The summed E-state index contributed by atoms with van der Waals surface area (Å²) in [5.74, 6) is -1.58. The topological polar surface area (TPSA) is 125 Å². The van der Waals surface area contributed by atoms with Gasteiger partial charge in [-0.1, -0.05) is 24.6 Å². The first-order valence-corrected chi connectivity index (χ1v) is 10.6. The van der Waals surface area contributed by atoms with E-state index in [0.29, 0.717) is 17.9 Å². The highest BCUT2D eigenvalue weighted by Crippen LogP contribution is 2.19. The van der Waals surface area contributed by atoms with Crippen LogP contribution in [0.3, 0.4) is 0 Å². The fraction of sp³-hybridized carbons (Fsp3) is 0.300. The zero-order chi connectivity index (χ0) is 21.4. The molecule has 0 aliphatic carbocycles. The predicted octanol–water partition coefficient (Wildman–Crippen LogP) is 2.58. The molecule has 1 atom stereocenters. The highest BCUT2D eigenvalue weighted by Gasteiger charge is 2.20. The molecule has 2 aromatic carbocycles. The summed E-state index contributed by atoms with van der Waals surface area (Å²) in [4.78, 5) is 23.3. The van der Waals surface area contributed by atoms with Crippen LogP contribution in [0.4, 0.5) is 11.4 Å². The zero-order valence-electron chi connectivity index (χ0n) is 16.3. The van der Waals surface area contributed by atoms with Crippen molar-refractivity contribution in [3.63, 3.8) is 0 Å². The molecule has 8 nitrogen and oxygen atoms in total. The van der Waals surface area contributed by atoms with E-state index >= 15 is 0 Å². The Labute approximate surface area is 170 Å². The number of sulfonamides is 1. The maximum Gasteiger partial charge on any atom is 0.321 e. The minimum atomic E-state index is -3.76. The van der Waals surface area contributed by atoms with Gasteiger partial charge in [-0.2, -0.15) is 0 Å². The van der Waals surface area contributed by atoms with Crippen LogP contribution in [0.5, 0.6) is 0 Å². The molecule has 0 bridgehead atoms. The van der Waals surface area contributed by atoms with Crippen molar-refractivity contribution in [2.24, 2.45) is 0 Å². The molecule has 0 radical (unpaired) electrons. The molecule has 2 aromatic rings. The second-order valence-corrected chi connectivity index (χ2v) is 8.28. The maximum atomic E-state index is 12.5. The van der Waals surface area contributed by atoms with E-state index in [-0.39, 0.29) is 11.3 Å². The number of benzene rings is 2. The fourth-order valence-corrected chi connectivity index (χ4v) is 3.57. The highest BCUT2D eigenvalue weighted by atomic mass is 32.2. The monoisotopic (exact) mass is 419 g/mol. The number of carbonyl (C=O) groups excluding carboxylic acids is 1. The Morgan fingerprint density at radius 3 is 2.14 bits per heavy atom. The van der Waals surface area contributed by atoms with E-state index in [2.05, 4.69) is 15.4 Å². The van der Waals surface area contributed by atoms with Gasteiger partial charge in [-0.3, -0.25) is 14.3 Å². The highest BCUT2D eigenvalue weighted by molar-refractivity contribution is 7.92. The van der Waals surface area contributed by atoms with Crippen molar-refractivity contribution in [2.45, 2.75) is 37.6 Å². The van der Waals surface area contributed by atoms with Gasteiger partial charge in [-0.15, -0.1) is 0 Å². The van der Waals surface area contributed by atoms with Crippen molar-refractivity contribution in [3.05, 3.63) is 54.1 Å². The Morgan fingerprint density at radius 2 is 1.59 bits per heavy atom. The number of hydrogen-bond acceptors (Lipinski definition) is 5. The Kier molecular flexibility index (Phi) is 7.74. The van der Waals surface area contributed by atoms with Gasteiger partial charge in [-0.05, 0) is 56.3 Å². The van der Waals surface area contributed by atoms with Crippen molar-refractivity contribution in [1.82, 2.24) is 5.32 Å². The van der Waals surface area contributed by atoms with Gasteiger partial charge in [0.05, 0.1) is 11.3 Å². The number of carboxylic acids is 1. The largest absolute Gasteiger partial charge is 0.480 e. The lowest BCUT2D eigenvalue weighted by atomic mass is 10.2. The Bertz CT molecular complexity index is 941. The van der Waals surface area contributed by atoms with Crippen LogP contribution in [-0.2, 0) is 19.6 Å². The van der Waals surface area contributed by atoms with E-state index < -0.39 is 27.9 Å². The van der Waals surface area contributed by atoms with Crippen LogP contribution in [0.2, 0.25) is 0 Å². The first-order chi connectivity index (χ1) is 13.7. The molecule has 29 heavy (non-hydrogen) atoms. The van der Waals surface area contributed by atoms with Crippen LogP contribution in [-0.4, -0.2) is 38.0 Å². The Morgan fingerprint density at radius 1 is 1.00 bits per heavy atom. The summed E-state index contributed by atoms with van der Waals surface area (Å²) in [6.07, 6.45) is 0.516. The summed E-state index contributed by atoms with van der Waals surface area (Å²) < 4.78 is 27.4. The quantitative estimate of drug-likeness (QED) is 0.469. The van der Waals surface area contributed by atoms with E-state index in [0.717, 1.165) is 12.0 Å². The Hall–Kier alpha value is -2.91. The normalized spacial score (nSPS) is 12.2. The summed E-state index contributed by atoms with van der Waals surface area (Å²) in [6.45, 7) is 4.30. The third-order valence-corrected chi connectivity index (χ3v) is 5.48. The Balaban J connectivity index is 2.00. The average molecular weight is 420 g/mol. The molecule has 1 unspecified atom stereocenters. The molecule has 1 amide bonds. The summed E-state index contributed by atoms with van der Waals surface area (Å²) in [7, 11) is -3.76. The number of rotatable bonds is 10. The number of hydrogen-bond donors (Lipinski definition) is 4. The van der Waals surface area contributed by atoms with Gasteiger partial charge in [0.15, 0.2) is 0 Å². The van der Waals surface area contributed by atoms with Gasteiger partial charge in [0.2, 0.25) is 5.91 Å². The second kappa shape index (κ2) is 10.0. The van der Waals surface area contributed by atoms with Crippen LogP contribution in [0, 0.1) is 6.92 Å². The molecule has 9 heteroatoms. The zero-order valence-corrected chi connectivity index (χ0v) is 17.1. The van der Waals surface area contributed by atoms with E-state index in [1.165, 1.54) is 24.3 Å². The molecule has 0 saturated carbocycles. The lowest BCUT2D eigenvalue weighted by Gasteiger charge is -2.14. The third-order valence-electron chi connectivity index (χ3n) is 4.08. The van der Waals surface area contributed by atoms with Gasteiger partial charge < -0.3 is 15.7 Å². The van der Waals surface area contributed by atoms with Gasteiger partial charge >= 0.3 is 5.97 Å². The average Bonchev–Trinajstić information content (AvgIpc) is 2.67. The summed E-state index contributed by atoms with van der Waals surface area (Å²) in [5.41, 5.74) is 1.85. The van der Waals surface area contributed by atoms with Gasteiger partial charge in [-0.25, -0.2) is 8.42 Å². The molecule has 0 fully saturated rings. The SMILES string of the molecule is CCCNC(CC(=O)Nc1ccc(S(=O)(=O)Nc2ccc(C)cc2)cc1)C(=O)O. The third kappa shape index (κ3) is 6.88. The standard InChI is InChI=1S/C20H25N3O5S/c1-3-12-21-18(20(25)26)13-19(24)22-15-8-10-17(11-9-15)29(27,28)23-16-6-4-14(2)5-7-16/h4-11,18,21,23H,3,12-13H2,1-2H3,(H,22,24)(H,25,26). The lowest BCUT2D eigenvalue weighted by Crippen LogP contribution is -2.40. The van der Waals surface area contributed by atoms with Crippen molar-refractivity contribution < 1.29 is 23.1 Å². The minimum Gasteiger partial charge on any atom is -0.480 e. The molecule has 0 aromatic heterocycles. The molecule has 0 saturated heterocycles. The molecule has 4 N–H and O–H groups in total. The van der Waals surface area contributed by atoms with E-state index in [9.17, 15) is 18.0 Å². The lowest BCUT2D eigenvalue weighted by molar-refractivity contribution is -0.141. The number of amides is 1. The minimum absolute atomic E-state index is 0.0455. The molecule has 0 heterocycles. The first kappa shape index (κ1) is 22.4. The first-order valence-electron chi connectivity index (χ1n) is 9.17. The molecule has 0 aliphatic heterocycles. The van der Waals surface area contributed by atoms with Crippen molar-refractivity contribution in [3.8, 4) is 0 Å². The van der Waals surface area contributed by atoms with Gasteiger partial charge in [0.25, 0.3) is 10.0 Å². The number of aliphatic carboxylic acids is 1. The number of nitrogens with one attached hydrogen (secondary N) is 3. The number of anilines is 2. The van der Waals surface area contributed by atoms with Crippen LogP contribution in [0.25, 0.3) is 0 Å². The fourth-order valence-electron chi connectivity index (χ4n) is 2.52. The van der Waals surface area contributed by atoms with Crippen molar-refractivity contribution in [1.29, 1.82) is 0 Å². The van der Waals surface area contributed by atoms with Gasteiger partial charge in [0.1, 0.15) is 6.04 Å². The van der Waals surface area contributed by atoms with Crippen LogP contribution >= 0.6 is 0 Å².